The van der Waals surface area contributed by atoms with Crippen LogP contribution in [0.5, 0.6) is 0 Å². The first-order valence-electron chi connectivity index (χ1n) is 6.71. The summed E-state index contributed by atoms with van der Waals surface area (Å²) in [5.41, 5.74) is 0. The maximum atomic E-state index is 11.7. The second-order valence-corrected chi connectivity index (χ2v) is 4.79. The van der Waals surface area contributed by atoms with Gasteiger partial charge in [0.2, 0.25) is 5.91 Å². The lowest BCUT2D eigenvalue weighted by atomic mass is 9.83. The first-order valence-corrected chi connectivity index (χ1v) is 6.71. The Morgan fingerprint density at radius 1 is 1.41 bits per heavy atom. The molecule has 1 unspecified atom stereocenters. The van der Waals surface area contributed by atoms with Gasteiger partial charge in [0.15, 0.2) is 0 Å². The van der Waals surface area contributed by atoms with Gasteiger partial charge in [-0.15, -0.1) is 6.42 Å². The van der Waals surface area contributed by atoms with E-state index >= 15 is 0 Å². The Hall–Kier alpha value is -1.01. The molecule has 0 aromatic carbocycles. The highest BCUT2D eigenvalue weighted by atomic mass is 16.1. The number of carbonyl (C=O) groups is 1. The van der Waals surface area contributed by atoms with Crippen molar-refractivity contribution in [2.24, 2.45) is 5.92 Å². The fraction of sp³-hybridized carbons (Fsp3) is 0.786. The second kappa shape index (κ2) is 8.14. The maximum Gasteiger partial charge on any atom is 0.234 e. The van der Waals surface area contributed by atoms with Crippen LogP contribution in [0.3, 0.4) is 0 Å². The van der Waals surface area contributed by atoms with Crippen LogP contribution in [0.25, 0.3) is 0 Å². The van der Waals surface area contributed by atoms with E-state index in [1.807, 2.05) is 0 Å². The summed E-state index contributed by atoms with van der Waals surface area (Å²) in [6, 6.07) is 0.343. The van der Waals surface area contributed by atoms with E-state index in [-0.39, 0.29) is 5.91 Å². The molecule has 1 atom stereocenters. The van der Waals surface area contributed by atoms with E-state index in [1.54, 1.807) is 0 Å². The molecule has 1 fully saturated rings. The number of nitrogens with one attached hydrogen (secondary N) is 2. The van der Waals surface area contributed by atoms with Gasteiger partial charge in [0.25, 0.3) is 0 Å². The molecule has 0 aromatic rings. The van der Waals surface area contributed by atoms with Crippen molar-refractivity contribution >= 4 is 5.91 Å². The van der Waals surface area contributed by atoms with Gasteiger partial charge in [-0.05, 0) is 25.2 Å². The van der Waals surface area contributed by atoms with Gasteiger partial charge in [-0.1, -0.05) is 32.1 Å². The maximum absolute atomic E-state index is 11.7. The monoisotopic (exact) mass is 236 g/mol. The number of amides is 1. The fourth-order valence-electron chi connectivity index (χ4n) is 2.60. The van der Waals surface area contributed by atoms with Crippen molar-refractivity contribution in [2.75, 3.05) is 13.1 Å². The van der Waals surface area contributed by atoms with Crippen LogP contribution < -0.4 is 10.6 Å². The Morgan fingerprint density at radius 2 is 2.12 bits per heavy atom. The van der Waals surface area contributed by atoms with Gasteiger partial charge >= 0.3 is 0 Å². The van der Waals surface area contributed by atoms with Crippen molar-refractivity contribution in [3.63, 3.8) is 0 Å². The topological polar surface area (TPSA) is 41.1 Å². The summed E-state index contributed by atoms with van der Waals surface area (Å²) in [7, 11) is 0. The van der Waals surface area contributed by atoms with Crippen LogP contribution in [0.1, 0.15) is 45.4 Å². The van der Waals surface area contributed by atoms with Crippen LogP contribution in [-0.4, -0.2) is 25.0 Å². The van der Waals surface area contributed by atoms with Crippen molar-refractivity contribution in [2.45, 2.75) is 51.5 Å². The normalized spacial score (nSPS) is 18.4. The third-order valence-electron chi connectivity index (χ3n) is 3.52. The second-order valence-electron chi connectivity index (χ2n) is 4.79. The Morgan fingerprint density at radius 3 is 2.71 bits per heavy atom. The molecule has 1 rings (SSSR count). The zero-order valence-corrected chi connectivity index (χ0v) is 10.8. The average molecular weight is 236 g/mol. The van der Waals surface area contributed by atoms with Crippen molar-refractivity contribution in [1.82, 2.24) is 10.6 Å². The predicted molar refractivity (Wildman–Crippen MR) is 70.5 cm³/mol. The van der Waals surface area contributed by atoms with Gasteiger partial charge < -0.3 is 5.32 Å². The van der Waals surface area contributed by atoms with Gasteiger partial charge in [-0.25, -0.2) is 0 Å². The Bertz CT molecular complexity index is 264. The molecule has 1 aliphatic rings. The van der Waals surface area contributed by atoms with E-state index < -0.39 is 0 Å². The van der Waals surface area contributed by atoms with E-state index in [4.69, 9.17) is 6.42 Å². The molecule has 0 saturated heterocycles. The molecule has 0 spiro atoms. The van der Waals surface area contributed by atoms with Crippen LogP contribution >= 0.6 is 0 Å². The summed E-state index contributed by atoms with van der Waals surface area (Å²) < 4.78 is 0. The first-order chi connectivity index (χ1) is 8.27. The Balaban J connectivity index is 2.30. The molecule has 17 heavy (non-hydrogen) atoms. The Labute approximate surface area is 105 Å². The van der Waals surface area contributed by atoms with E-state index in [0.29, 0.717) is 25.0 Å². The van der Waals surface area contributed by atoms with E-state index in [9.17, 15) is 4.79 Å². The van der Waals surface area contributed by atoms with E-state index in [1.165, 1.54) is 32.1 Å². The highest BCUT2D eigenvalue weighted by Gasteiger charge is 2.23. The number of carbonyl (C=O) groups excluding carboxylic acids is 1. The lowest BCUT2D eigenvalue weighted by Crippen LogP contribution is -2.44. The van der Waals surface area contributed by atoms with Crippen LogP contribution in [0.4, 0.5) is 0 Å². The molecule has 0 aromatic heterocycles. The van der Waals surface area contributed by atoms with Crippen molar-refractivity contribution < 1.29 is 4.79 Å². The number of hydrogen-bond donors (Lipinski definition) is 2. The van der Waals surface area contributed by atoms with Gasteiger partial charge in [0.05, 0.1) is 13.1 Å². The summed E-state index contributed by atoms with van der Waals surface area (Å²) in [6.45, 7) is 2.93. The van der Waals surface area contributed by atoms with Crippen molar-refractivity contribution in [3.05, 3.63) is 0 Å². The molecular formula is C14H24N2O. The minimum absolute atomic E-state index is 0.0673. The third kappa shape index (κ3) is 5.23. The summed E-state index contributed by atoms with van der Waals surface area (Å²) in [4.78, 5) is 11.7. The zero-order valence-electron chi connectivity index (χ0n) is 10.8. The quantitative estimate of drug-likeness (QED) is 0.544. The molecular weight excluding hydrogens is 212 g/mol. The molecule has 96 valence electrons. The number of terminal acetylenes is 1. The van der Waals surface area contributed by atoms with Crippen LogP contribution in [0.15, 0.2) is 0 Å². The average Bonchev–Trinajstić information content (AvgIpc) is 2.37. The third-order valence-corrected chi connectivity index (χ3v) is 3.52. The van der Waals surface area contributed by atoms with Crippen LogP contribution in [0.2, 0.25) is 0 Å². The predicted octanol–water partition coefficient (Wildman–Crippen LogP) is 1.68. The zero-order chi connectivity index (χ0) is 12.5. The molecule has 0 radical (unpaired) electrons. The van der Waals surface area contributed by atoms with Gasteiger partial charge in [-0.3, -0.25) is 10.1 Å². The minimum Gasteiger partial charge on any atom is -0.352 e. The van der Waals surface area contributed by atoms with Crippen molar-refractivity contribution in [3.8, 4) is 12.3 Å². The first kappa shape index (κ1) is 14.1. The SMILES string of the molecule is C#CCNCC(=O)NC(CC)C1CCCCC1. The molecule has 1 saturated carbocycles. The summed E-state index contributed by atoms with van der Waals surface area (Å²) in [5.74, 6) is 3.20. The standard InChI is InChI=1S/C14H24N2O/c1-3-10-15-11-14(17)16-13(4-2)12-8-6-5-7-9-12/h1,12-13,15H,4-11H2,2H3,(H,16,17). The lowest BCUT2D eigenvalue weighted by Gasteiger charge is -2.30. The smallest absolute Gasteiger partial charge is 0.234 e. The molecule has 0 aliphatic heterocycles. The molecule has 2 N–H and O–H groups in total. The molecule has 0 heterocycles. The molecule has 1 aliphatic carbocycles. The largest absolute Gasteiger partial charge is 0.352 e. The van der Waals surface area contributed by atoms with Gasteiger partial charge in [-0.2, -0.15) is 0 Å². The number of rotatable bonds is 6. The molecule has 3 nitrogen and oxygen atoms in total. The van der Waals surface area contributed by atoms with Gasteiger partial charge in [0, 0.05) is 6.04 Å². The highest BCUT2D eigenvalue weighted by Crippen LogP contribution is 2.27. The van der Waals surface area contributed by atoms with Gasteiger partial charge in [0.1, 0.15) is 0 Å². The van der Waals surface area contributed by atoms with Crippen LogP contribution in [-0.2, 0) is 4.79 Å². The summed E-state index contributed by atoms with van der Waals surface area (Å²) in [6.07, 6.45) is 12.6. The van der Waals surface area contributed by atoms with E-state index in [0.717, 1.165) is 6.42 Å². The molecule has 0 bridgehead atoms. The van der Waals surface area contributed by atoms with Crippen molar-refractivity contribution in [1.29, 1.82) is 0 Å². The minimum atomic E-state index is 0.0673. The summed E-state index contributed by atoms with van der Waals surface area (Å²) >= 11 is 0. The van der Waals surface area contributed by atoms with Crippen LogP contribution in [0, 0.1) is 18.3 Å². The fourth-order valence-corrected chi connectivity index (χ4v) is 2.60. The molecule has 3 heteroatoms. The van der Waals surface area contributed by atoms with E-state index in [2.05, 4.69) is 23.5 Å². The summed E-state index contributed by atoms with van der Waals surface area (Å²) in [5, 5.41) is 6.04. The number of hydrogen-bond acceptors (Lipinski definition) is 2. The highest BCUT2D eigenvalue weighted by molar-refractivity contribution is 5.78. The lowest BCUT2D eigenvalue weighted by molar-refractivity contribution is -0.121. The Kier molecular flexibility index (Phi) is 6.73. The molecule has 1 amide bonds.